The van der Waals surface area contributed by atoms with E-state index < -0.39 is 6.16 Å². The molecule has 1 aliphatic heterocycles. The first-order valence-electron chi connectivity index (χ1n) is 10.8. The second kappa shape index (κ2) is 7.91. The molecule has 4 rings (SSSR count). The Labute approximate surface area is 178 Å². The molecular weight excluding hydrogens is 378 g/mol. The number of benzene rings is 1. The highest BCUT2D eigenvalue weighted by Gasteiger charge is 2.42. The van der Waals surface area contributed by atoms with Crippen LogP contribution in [0, 0.1) is 13.8 Å². The van der Waals surface area contributed by atoms with Gasteiger partial charge in [-0.3, -0.25) is 4.98 Å². The Bertz CT molecular complexity index is 928. The third kappa shape index (κ3) is 4.01. The van der Waals surface area contributed by atoms with Gasteiger partial charge in [-0.15, -0.1) is 0 Å². The van der Waals surface area contributed by atoms with E-state index in [-0.39, 0.29) is 0 Å². The third-order valence-corrected chi connectivity index (χ3v) is 7.01. The van der Waals surface area contributed by atoms with Crippen molar-refractivity contribution in [3.63, 3.8) is 0 Å². The fraction of sp³-hybridized carbons (Fsp3) is 0.500. The van der Waals surface area contributed by atoms with E-state index in [1.807, 2.05) is 12.1 Å². The molecule has 1 N–H and O–H groups in total. The fourth-order valence-corrected chi connectivity index (χ4v) is 5.45. The highest BCUT2D eigenvalue weighted by Crippen LogP contribution is 2.43. The third-order valence-electron chi connectivity index (χ3n) is 7.01. The van der Waals surface area contributed by atoms with Crippen molar-refractivity contribution < 1.29 is 19.1 Å². The molecule has 0 spiro atoms. The summed E-state index contributed by atoms with van der Waals surface area (Å²) < 4.78 is 5.86. The van der Waals surface area contributed by atoms with Crippen LogP contribution in [0.3, 0.4) is 0 Å². The van der Waals surface area contributed by atoms with Crippen LogP contribution in [0.4, 0.5) is 10.5 Å². The predicted octanol–water partition coefficient (Wildman–Crippen LogP) is 4.49. The van der Waals surface area contributed by atoms with Crippen LogP contribution in [0.5, 0.6) is 5.75 Å². The van der Waals surface area contributed by atoms with Crippen LogP contribution >= 0.6 is 0 Å². The van der Waals surface area contributed by atoms with Crippen LogP contribution < -0.4 is 9.64 Å². The molecule has 0 amide bonds. The maximum absolute atomic E-state index is 10.9. The van der Waals surface area contributed by atoms with E-state index in [0.29, 0.717) is 17.8 Å². The molecule has 0 radical (unpaired) electrons. The molecule has 2 aliphatic rings. The molecule has 1 saturated heterocycles. The largest absolute Gasteiger partial charge is 0.511 e. The minimum atomic E-state index is -1.26. The summed E-state index contributed by atoms with van der Waals surface area (Å²) in [6, 6.07) is 11.1. The number of hydrogen-bond acceptors (Lipinski definition) is 4. The number of aromatic nitrogens is 1. The Balaban J connectivity index is 1.49. The van der Waals surface area contributed by atoms with Crippen molar-refractivity contribution in [1.29, 1.82) is 0 Å². The van der Waals surface area contributed by atoms with E-state index in [4.69, 9.17) is 9.84 Å². The van der Waals surface area contributed by atoms with Crippen molar-refractivity contribution in [2.75, 3.05) is 32.1 Å². The molecule has 1 aliphatic carbocycles. The van der Waals surface area contributed by atoms with Crippen LogP contribution in [-0.2, 0) is 6.42 Å². The Morgan fingerprint density at radius 3 is 2.40 bits per heavy atom. The Kier molecular flexibility index (Phi) is 5.45. The molecule has 2 heterocycles. The Morgan fingerprint density at radius 1 is 1.10 bits per heavy atom. The fourth-order valence-electron chi connectivity index (χ4n) is 5.45. The molecular formula is C24H32N3O3+. The minimum absolute atomic E-state index is 0.374. The van der Waals surface area contributed by atoms with Crippen LogP contribution in [-0.4, -0.2) is 54.0 Å². The monoisotopic (exact) mass is 410 g/mol. The second-order valence-corrected chi connectivity index (χ2v) is 9.24. The highest BCUT2D eigenvalue weighted by atomic mass is 16.7. The smallest absolute Gasteiger partial charge is 0.449 e. The normalized spacial score (nSPS) is 19.6. The van der Waals surface area contributed by atoms with Gasteiger partial charge in [0.1, 0.15) is 11.8 Å². The standard InChI is InChI=1S/C24H31N3O3/c1-16-13-19(14-17(2)25-16)26-11-9-20(10-12-26)27(3,4)23-8-6-18-5-7-21(15-22(18)23)30-24(28)29/h5,7,13-15,20,23H,6,8-12H2,1-4H3/p+1. The number of carbonyl (C=O) groups is 1. The van der Waals surface area contributed by atoms with Crippen LogP contribution in [0.2, 0.25) is 0 Å². The van der Waals surface area contributed by atoms with E-state index >= 15 is 0 Å². The molecule has 6 heteroatoms. The van der Waals surface area contributed by atoms with Crippen molar-refractivity contribution in [1.82, 2.24) is 4.98 Å². The molecule has 1 unspecified atom stereocenters. The summed E-state index contributed by atoms with van der Waals surface area (Å²) in [5.74, 6) is 0.423. The number of carboxylic acid groups (broad SMARTS) is 1. The minimum Gasteiger partial charge on any atom is -0.449 e. The zero-order valence-electron chi connectivity index (χ0n) is 18.4. The zero-order chi connectivity index (χ0) is 21.5. The topological polar surface area (TPSA) is 62.7 Å². The molecule has 0 bridgehead atoms. The van der Waals surface area contributed by atoms with E-state index in [1.54, 1.807) is 6.07 Å². The first-order valence-corrected chi connectivity index (χ1v) is 10.8. The van der Waals surface area contributed by atoms with Gasteiger partial charge in [-0.25, -0.2) is 4.79 Å². The quantitative estimate of drug-likeness (QED) is 0.457. The van der Waals surface area contributed by atoms with Gasteiger partial charge in [-0.2, -0.15) is 0 Å². The number of pyridine rings is 1. The van der Waals surface area contributed by atoms with Crippen LogP contribution in [0.1, 0.15) is 47.8 Å². The molecule has 1 aromatic heterocycles. The van der Waals surface area contributed by atoms with Gasteiger partial charge in [0.05, 0.1) is 20.1 Å². The SMILES string of the molecule is Cc1cc(N2CCC([N+](C)(C)C3CCc4ccc(OC(=O)O)cc43)CC2)cc(C)n1. The number of aryl methyl sites for hydroxylation is 3. The van der Waals surface area contributed by atoms with Crippen molar-refractivity contribution in [2.45, 2.75) is 51.6 Å². The summed E-state index contributed by atoms with van der Waals surface area (Å²) in [5, 5.41) is 8.96. The lowest BCUT2D eigenvalue weighted by Gasteiger charge is -2.47. The average molecular weight is 411 g/mol. The first-order chi connectivity index (χ1) is 14.2. The highest BCUT2D eigenvalue weighted by molar-refractivity contribution is 5.61. The van der Waals surface area contributed by atoms with Crippen LogP contribution in [0.25, 0.3) is 0 Å². The van der Waals surface area contributed by atoms with E-state index in [1.165, 1.54) is 16.8 Å². The zero-order valence-corrected chi connectivity index (χ0v) is 18.4. The number of quaternary nitrogens is 1. The summed E-state index contributed by atoms with van der Waals surface area (Å²) in [7, 11) is 4.68. The Morgan fingerprint density at radius 2 is 1.77 bits per heavy atom. The molecule has 0 saturated carbocycles. The van der Waals surface area contributed by atoms with Gasteiger partial charge >= 0.3 is 6.16 Å². The van der Waals surface area contributed by atoms with E-state index in [9.17, 15) is 4.79 Å². The number of fused-ring (bicyclic) bond motifs is 1. The molecule has 30 heavy (non-hydrogen) atoms. The van der Waals surface area contributed by atoms with Gasteiger partial charge in [-0.1, -0.05) is 6.07 Å². The van der Waals surface area contributed by atoms with Gasteiger partial charge < -0.3 is 19.2 Å². The summed E-state index contributed by atoms with van der Waals surface area (Å²) in [6.45, 7) is 6.22. The summed E-state index contributed by atoms with van der Waals surface area (Å²) in [6.07, 6.45) is 3.17. The lowest BCUT2D eigenvalue weighted by molar-refractivity contribution is -0.945. The van der Waals surface area contributed by atoms with Gasteiger partial charge in [0, 0.05) is 55.0 Å². The molecule has 1 atom stereocenters. The molecule has 6 nitrogen and oxygen atoms in total. The number of ether oxygens (including phenoxy) is 1. The van der Waals surface area contributed by atoms with Gasteiger partial charge in [-0.05, 0) is 50.1 Å². The van der Waals surface area contributed by atoms with E-state index in [2.05, 4.69) is 50.0 Å². The van der Waals surface area contributed by atoms with Crippen LogP contribution in [0.15, 0.2) is 30.3 Å². The maximum Gasteiger partial charge on any atom is 0.511 e. The van der Waals surface area contributed by atoms with Gasteiger partial charge in [0.2, 0.25) is 0 Å². The molecule has 1 fully saturated rings. The number of nitrogens with zero attached hydrogens (tertiary/aromatic N) is 3. The van der Waals surface area contributed by atoms with Gasteiger partial charge in [0.15, 0.2) is 0 Å². The number of rotatable bonds is 4. The second-order valence-electron chi connectivity index (χ2n) is 9.24. The first kappa shape index (κ1) is 20.7. The molecule has 1 aromatic carbocycles. The lowest BCUT2D eigenvalue weighted by atomic mass is 9.96. The molecule has 160 valence electrons. The maximum atomic E-state index is 10.9. The molecule has 2 aromatic rings. The van der Waals surface area contributed by atoms with Crippen molar-refractivity contribution in [3.05, 3.63) is 52.8 Å². The Hall–Kier alpha value is -2.60. The van der Waals surface area contributed by atoms with E-state index in [0.717, 1.165) is 54.6 Å². The van der Waals surface area contributed by atoms with Crippen molar-refractivity contribution in [3.8, 4) is 5.75 Å². The number of anilines is 1. The summed E-state index contributed by atoms with van der Waals surface area (Å²) >= 11 is 0. The van der Waals surface area contributed by atoms with Crippen molar-refractivity contribution in [2.24, 2.45) is 0 Å². The number of hydrogen-bond donors (Lipinski definition) is 1. The van der Waals surface area contributed by atoms with Crippen molar-refractivity contribution >= 4 is 11.8 Å². The summed E-state index contributed by atoms with van der Waals surface area (Å²) in [4.78, 5) is 17.9. The van der Waals surface area contributed by atoms with Gasteiger partial charge in [0.25, 0.3) is 0 Å². The predicted molar refractivity (Wildman–Crippen MR) is 117 cm³/mol. The lowest BCUT2D eigenvalue weighted by Crippen LogP contribution is -2.55. The number of piperidine rings is 1. The average Bonchev–Trinajstić information content (AvgIpc) is 3.11. The summed E-state index contributed by atoms with van der Waals surface area (Å²) in [5.41, 5.74) is 6.01.